The van der Waals surface area contributed by atoms with E-state index in [1.165, 1.54) is 37.7 Å². The van der Waals surface area contributed by atoms with Crippen molar-refractivity contribution in [2.24, 2.45) is 11.8 Å². The molecule has 0 aromatic rings. The van der Waals surface area contributed by atoms with Gasteiger partial charge in [0.25, 0.3) is 0 Å². The zero-order chi connectivity index (χ0) is 12.1. The molecule has 0 saturated heterocycles. The Bertz CT molecular complexity index is 280. The highest BCUT2D eigenvalue weighted by Gasteiger charge is 2.19. The van der Waals surface area contributed by atoms with Crippen molar-refractivity contribution in [3.8, 4) is 0 Å². The molecule has 0 spiro atoms. The highest BCUT2D eigenvalue weighted by Crippen LogP contribution is 2.35. The van der Waals surface area contributed by atoms with Crippen LogP contribution in [0.25, 0.3) is 0 Å². The zero-order valence-corrected chi connectivity index (χ0v) is 11.8. The molecule has 0 N–H and O–H groups in total. The van der Waals surface area contributed by atoms with Crippen LogP contribution in [0, 0.1) is 11.8 Å². The average molecular weight is 220 g/mol. The molecule has 0 aliphatic heterocycles. The van der Waals surface area contributed by atoms with Crippen LogP contribution in [0.1, 0.15) is 66.7 Å². The van der Waals surface area contributed by atoms with Gasteiger partial charge in [0.2, 0.25) is 0 Å². The predicted molar refractivity (Wildman–Crippen MR) is 73.5 cm³/mol. The minimum absolute atomic E-state index is 0.701. The number of rotatable bonds is 6. The summed E-state index contributed by atoms with van der Waals surface area (Å²) in [5, 5.41) is 0. The molecule has 1 rings (SSSR count). The summed E-state index contributed by atoms with van der Waals surface area (Å²) < 4.78 is 0. The molecule has 16 heavy (non-hydrogen) atoms. The lowest BCUT2D eigenvalue weighted by molar-refractivity contribution is 0.490. The first-order valence-corrected chi connectivity index (χ1v) is 7.00. The molecule has 0 fully saturated rings. The lowest BCUT2D eigenvalue weighted by Gasteiger charge is -2.13. The molecule has 0 heteroatoms. The Morgan fingerprint density at radius 2 is 2.00 bits per heavy atom. The topological polar surface area (TPSA) is 0 Å². The van der Waals surface area contributed by atoms with Gasteiger partial charge in [-0.1, -0.05) is 57.8 Å². The third-order valence-electron chi connectivity index (χ3n) is 4.11. The van der Waals surface area contributed by atoms with E-state index >= 15 is 0 Å². The Balaban J connectivity index is 2.50. The fraction of sp³-hybridized carbons (Fsp3) is 0.750. The number of allylic oxidation sites excluding steroid dienone is 4. The van der Waals surface area contributed by atoms with Crippen LogP contribution in [0.4, 0.5) is 0 Å². The standard InChI is InChI=1S/C16H28/c1-6-12(3)9-8-10-16-14(5)11-13(4)15(16)7-2/h11-12,14H,6-10H2,1-5H3/t12?,14-/m0/s1. The third kappa shape index (κ3) is 3.23. The summed E-state index contributed by atoms with van der Waals surface area (Å²) in [5.41, 5.74) is 4.91. The van der Waals surface area contributed by atoms with Gasteiger partial charge in [0.15, 0.2) is 0 Å². The van der Waals surface area contributed by atoms with Crippen molar-refractivity contribution in [2.75, 3.05) is 0 Å². The van der Waals surface area contributed by atoms with Crippen LogP contribution >= 0.6 is 0 Å². The Labute approximate surface area is 102 Å². The summed E-state index contributed by atoms with van der Waals surface area (Å²) in [5.74, 6) is 1.60. The van der Waals surface area contributed by atoms with Crippen molar-refractivity contribution in [3.63, 3.8) is 0 Å². The van der Waals surface area contributed by atoms with Crippen LogP contribution in [0.3, 0.4) is 0 Å². The van der Waals surface area contributed by atoms with Gasteiger partial charge in [-0.25, -0.2) is 0 Å². The van der Waals surface area contributed by atoms with Crippen LogP contribution in [0.15, 0.2) is 22.8 Å². The van der Waals surface area contributed by atoms with E-state index in [1.807, 2.05) is 0 Å². The van der Waals surface area contributed by atoms with Gasteiger partial charge < -0.3 is 0 Å². The van der Waals surface area contributed by atoms with Crippen LogP contribution in [0.5, 0.6) is 0 Å². The van der Waals surface area contributed by atoms with Crippen LogP contribution in [-0.4, -0.2) is 0 Å². The molecule has 0 amide bonds. The molecule has 0 nitrogen and oxygen atoms in total. The molecule has 1 unspecified atom stereocenters. The second-order valence-electron chi connectivity index (χ2n) is 5.40. The maximum Gasteiger partial charge on any atom is -0.00399 e. The van der Waals surface area contributed by atoms with E-state index < -0.39 is 0 Å². The van der Waals surface area contributed by atoms with Crippen LogP contribution in [-0.2, 0) is 0 Å². The van der Waals surface area contributed by atoms with Crippen LogP contribution in [0.2, 0.25) is 0 Å². The number of hydrogen-bond acceptors (Lipinski definition) is 0. The zero-order valence-electron chi connectivity index (χ0n) is 11.8. The molecule has 0 heterocycles. The first kappa shape index (κ1) is 13.5. The summed E-state index contributed by atoms with van der Waals surface area (Å²) in [6.45, 7) is 11.6. The second kappa shape index (κ2) is 6.27. The molecule has 1 aliphatic carbocycles. The average Bonchev–Trinajstić information content (AvgIpc) is 2.53. The van der Waals surface area contributed by atoms with Gasteiger partial charge >= 0.3 is 0 Å². The van der Waals surface area contributed by atoms with E-state index in [4.69, 9.17) is 0 Å². The summed E-state index contributed by atoms with van der Waals surface area (Å²) in [4.78, 5) is 0. The highest BCUT2D eigenvalue weighted by molar-refractivity contribution is 5.43. The largest absolute Gasteiger partial charge is 0.0744 e. The van der Waals surface area contributed by atoms with Gasteiger partial charge in [-0.05, 0) is 43.6 Å². The van der Waals surface area contributed by atoms with E-state index in [1.54, 1.807) is 11.1 Å². The van der Waals surface area contributed by atoms with E-state index in [9.17, 15) is 0 Å². The summed E-state index contributed by atoms with van der Waals surface area (Å²) >= 11 is 0. The Kier molecular flexibility index (Phi) is 5.31. The quantitative estimate of drug-likeness (QED) is 0.554. The van der Waals surface area contributed by atoms with Gasteiger partial charge in [-0.15, -0.1) is 0 Å². The van der Waals surface area contributed by atoms with E-state index in [0.717, 1.165) is 5.92 Å². The minimum Gasteiger partial charge on any atom is -0.0744 e. The fourth-order valence-electron chi connectivity index (χ4n) is 2.83. The molecule has 0 radical (unpaired) electrons. The van der Waals surface area contributed by atoms with Crippen molar-refractivity contribution in [1.29, 1.82) is 0 Å². The SMILES string of the molecule is CCC1=C(CCCC(C)CC)[C@@H](C)C=C1C. The lowest BCUT2D eigenvalue weighted by Crippen LogP contribution is -1.98. The van der Waals surface area contributed by atoms with Gasteiger partial charge in [0, 0.05) is 0 Å². The molecule has 0 saturated carbocycles. The van der Waals surface area contributed by atoms with Crippen molar-refractivity contribution < 1.29 is 0 Å². The van der Waals surface area contributed by atoms with Gasteiger partial charge in [-0.3, -0.25) is 0 Å². The Hall–Kier alpha value is -0.520. The van der Waals surface area contributed by atoms with Crippen LogP contribution < -0.4 is 0 Å². The maximum absolute atomic E-state index is 2.44. The monoisotopic (exact) mass is 220 g/mol. The first-order valence-electron chi connectivity index (χ1n) is 7.00. The highest BCUT2D eigenvalue weighted by atomic mass is 14.2. The molecule has 1 aliphatic rings. The Morgan fingerprint density at radius 1 is 1.31 bits per heavy atom. The van der Waals surface area contributed by atoms with E-state index in [2.05, 4.69) is 40.7 Å². The maximum atomic E-state index is 2.44. The summed E-state index contributed by atoms with van der Waals surface area (Å²) in [6, 6.07) is 0. The molecule has 92 valence electrons. The predicted octanol–water partition coefficient (Wildman–Crippen LogP) is 5.51. The van der Waals surface area contributed by atoms with Gasteiger partial charge in [-0.2, -0.15) is 0 Å². The molecule has 0 aromatic carbocycles. The molecular weight excluding hydrogens is 192 g/mol. The normalized spacial score (nSPS) is 22.6. The summed E-state index contributed by atoms with van der Waals surface area (Å²) in [7, 11) is 0. The minimum atomic E-state index is 0.701. The lowest BCUT2D eigenvalue weighted by atomic mass is 9.92. The summed E-state index contributed by atoms with van der Waals surface area (Å²) in [6.07, 6.45) is 9.07. The molecule has 0 aromatic heterocycles. The first-order chi connectivity index (χ1) is 7.60. The van der Waals surface area contributed by atoms with E-state index in [0.29, 0.717) is 5.92 Å². The van der Waals surface area contributed by atoms with Gasteiger partial charge in [0.1, 0.15) is 0 Å². The van der Waals surface area contributed by atoms with Crippen molar-refractivity contribution in [1.82, 2.24) is 0 Å². The second-order valence-corrected chi connectivity index (χ2v) is 5.40. The number of hydrogen-bond donors (Lipinski definition) is 0. The molecular formula is C16H28. The Morgan fingerprint density at radius 3 is 2.56 bits per heavy atom. The van der Waals surface area contributed by atoms with Crippen molar-refractivity contribution >= 4 is 0 Å². The van der Waals surface area contributed by atoms with E-state index in [-0.39, 0.29) is 0 Å². The smallest absolute Gasteiger partial charge is 0.00399 e. The van der Waals surface area contributed by atoms with Gasteiger partial charge in [0.05, 0.1) is 0 Å². The third-order valence-corrected chi connectivity index (χ3v) is 4.11. The molecule has 2 atom stereocenters. The van der Waals surface area contributed by atoms with Crippen molar-refractivity contribution in [2.45, 2.75) is 66.7 Å². The molecule has 0 bridgehead atoms. The fourth-order valence-corrected chi connectivity index (χ4v) is 2.83. The van der Waals surface area contributed by atoms with Crippen molar-refractivity contribution in [3.05, 3.63) is 22.8 Å².